The standard InChI is InChI=1S/C11H16BrN3O2/c1-7(2)14-10(16)5-13-11(17)9-4-8(12)6-15(9)3/h4,6-7H,5H2,1-3H3,(H,13,17)(H,14,16). The van der Waals surface area contributed by atoms with Crippen LogP contribution in [-0.4, -0.2) is 29.0 Å². The number of halogens is 1. The Morgan fingerprint density at radius 2 is 2.12 bits per heavy atom. The van der Waals surface area contributed by atoms with Crippen LogP contribution in [0, 0.1) is 0 Å². The number of nitrogens with one attached hydrogen (secondary N) is 2. The molecule has 17 heavy (non-hydrogen) atoms. The largest absolute Gasteiger partial charge is 0.352 e. The lowest BCUT2D eigenvalue weighted by atomic mass is 10.3. The van der Waals surface area contributed by atoms with Crippen LogP contribution in [0.2, 0.25) is 0 Å². The third-order valence-electron chi connectivity index (χ3n) is 2.06. The third-order valence-corrected chi connectivity index (χ3v) is 2.50. The topological polar surface area (TPSA) is 63.1 Å². The van der Waals surface area contributed by atoms with E-state index in [0.29, 0.717) is 5.69 Å². The van der Waals surface area contributed by atoms with Gasteiger partial charge in [0.1, 0.15) is 5.69 Å². The minimum Gasteiger partial charge on any atom is -0.352 e. The van der Waals surface area contributed by atoms with E-state index in [-0.39, 0.29) is 24.4 Å². The molecular weight excluding hydrogens is 286 g/mol. The van der Waals surface area contributed by atoms with E-state index >= 15 is 0 Å². The van der Waals surface area contributed by atoms with Crippen molar-refractivity contribution in [3.63, 3.8) is 0 Å². The minimum atomic E-state index is -0.267. The molecule has 0 atom stereocenters. The molecule has 0 unspecified atom stereocenters. The summed E-state index contributed by atoms with van der Waals surface area (Å²) in [4.78, 5) is 23.1. The van der Waals surface area contributed by atoms with Crippen LogP contribution in [0.3, 0.4) is 0 Å². The number of aryl methyl sites for hydroxylation is 1. The molecule has 0 aromatic carbocycles. The molecule has 0 radical (unpaired) electrons. The van der Waals surface area contributed by atoms with Crippen molar-refractivity contribution < 1.29 is 9.59 Å². The second-order valence-corrected chi connectivity index (χ2v) is 4.98. The first kappa shape index (κ1) is 13.8. The Kier molecular flexibility index (Phi) is 4.74. The molecule has 1 rings (SSSR count). The lowest BCUT2D eigenvalue weighted by Crippen LogP contribution is -2.40. The molecule has 1 heterocycles. The molecule has 6 heteroatoms. The van der Waals surface area contributed by atoms with Crippen molar-refractivity contribution in [1.82, 2.24) is 15.2 Å². The number of amides is 2. The predicted octanol–water partition coefficient (Wildman–Crippen LogP) is 1.04. The molecule has 0 aliphatic rings. The second kappa shape index (κ2) is 5.86. The van der Waals surface area contributed by atoms with Gasteiger partial charge < -0.3 is 15.2 Å². The average Bonchev–Trinajstić information content (AvgIpc) is 2.53. The van der Waals surface area contributed by atoms with Gasteiger partial charge in [-0.3, -0.25) is 9.59 Å². The van der Waals surface area contributed by atoms with Crippen molar-refractivity contribution in [3.05, 3.63) is 22.4 Å². The normalized spacial score (nSPS) is 10.4. The summed E-state index contributed by atoms with van der Waals surface area (Å²) in [6, 6.07) is 1.78. The summed E-state index contributed by atoms with van der Waals surface area (Å²) in [6.07, 6.45) is 1.78. The molecule has 2 N–H and O–H groups in total. The SMILES string of the molecule is CC(C)NC(=O)CNC(=O)c1cc(Br)cn1C. The zero-order valence-electron chi connectivity index (χ0n) is 10.1. The van der Waals surface area contributed by atoms with Crippen LogP contribution in [0.5, 0.6) is 0 Å². The van der Waals surface area contributed by atoms with Gasteiger partial charge in [0.05, 0.1) is 6.54 Å². The van der Waals surface area contributed by atoms with Gasteiger partial charge in [0.15, 0.2) is 0 Å². The average molecular weight is 302 g/mol. The van der Waals surface area contributed by atoms with E-state index in [2.05, 4.69) is 26.6 Å². The van der Waals surface area contributed by atoms with Gasteiger partial charge in [0.2, 0.25) is 5.91 Å². The first-order valence-electron chi connectivity index (χ1n) is 5.29. The minimum absolute atomic E-state index is 0.0141. The van der Waals surface area contributed by atoms with E-state index in [0.717, 1.165) is 4.47 Å². The fraction of sp³-hybridized carbons (Fsp3) is 0.455. The quantitative estimate of drug-likeness (QED) is 0.873. The van der Waals surface area contributed by atoms with Crippen molar-refractivity contribution >= 4 is 27.7 Å². The fourth-order valence-corrected chi connectivity index (χ4v) is 1.90. The van der Waals surface area contributed by atoms with Crippen LogP contribution in [0.15, 0.2) is 16.7 Å². The molecule has 0 bridgehead atoms. The third kappa shape index (κ3) is 4.22. The first-order chi connectivity index (χ1) is 7.90. The van der Waals surface area contributed by atoms with Gasteiger partial charge in [-0.1, -0.05) is 0 Å². The van der Waals surface area contributed by atoms with Crippen molar-refractivity contribution in [3.8, 4) is 0 Å². The van der Waals surface area contributed by atoms with Gasteiger partial charge in [-0.2, -0.15) is 0 Å². The Morgan fingerprint density at radius 3 is 2.59 bits per heavy atom. The Labute approximate surface area is 109 Å². The molecule has 0 spiro atoms. The molecule has 0 fully saturated rings. The molecule has 5 nitrogen and oxygen atoms in total. The van der Waals surface area contributed by atoms with Crippen molar-refractivity contribution in [1.29, 1.82) is 0 Å². The van der Waals surface area contributed by atoms with E-state index in [9.17, 15) is 9.59 Å². The Hall–Kier alpha value is -1.30. The van der Waals surface area contributed by atoms with Crippen LogP contribution in [0.25, 0.3) is 0 Å². The molecule has 1 aromatic heterocycles. The van der Waals surface area contributed by atoms with Gasteiger partial charge in [-0.15, -0.1) is 0 Å². The summed E-state index contributed by atoms with van der Waals surface area (Å²) < 4.78 is 2.52. The molecule has 2 amide bonds. The zero-order valence-corrected chi connectivity index (χ0v) is 11.7. The van der Waals surface area contributed by atoms with Gasteiger partial charge in [-0.05, 0) is 35.8 Å². The number of hydrogen-bond donors (Lipinski definition) is 2. The van der Waals surface area contributed by atoms with Crippen LogP contribution in [0.1, 0.15) is 24.3 Å². The fourth-order valence-electron chi connectivity index (χ4n) is 1.37. The number of aromatic nitrogens is 1. The highest BCUT2D eigenvalue weighted by atomic mass is 79.9. The number of hydrogen-bond acceptors (Lipinski definition) is 2. The second-order valence-electron chi connectivity index (χ2n) is 4.06. The highest BCUT2D eigenvalue weighted by Crippen LogP contribution is 2.13. The van der Waals surface area contributed by atoms with E-state index in [1.807, 2.05) is 13.8 Å². The Morgan fingerprint density at radius 1 is 1.47 bits per heavy atom. The smallest absolute Gasteiger partial charge is 0.268 e. The first-order valence-corrected chi connectivity index (χ1v) is 6.09. The summed E-state index contributed by atoms with van der Waals surface area (Å²) in [5.41, 5.74) is 0.509. The maximum absolute atomic E-state index is 11.7. The van der Waals surface area contributed by atoms with Gasteiger partial charge >= 0.3 is 0 Å². The van der Waals surface area contributed by atoms with Crippen LogP contribution in [-0.2, 0) is 11.8 Å². The molecule has 1 aromatic rings. The van der Waals surface area contributed by atoms with Gasteiger partial charge in [0, 0.05) is 23.8 Å². The van der Waals surface area contributed by atoms with Crippen LogP contribution < -0.4 is 10.6 Å². The molecule has 0 saturated heterocycles. The molecular formula is C11H16BrN3O2. The van der Waals surface area contributed by atoms with Crippen molar-refractivity contribution in [2.75, 3.05) is 6.54 Å². The highest BCUT2D eigenvalue weighted by Gasteiger charge is 2.12. The van der Waals surface area contributed by atoms with Crippen molar-refractivity contribution in [2.45, 2.75) is 19.9 Å². The van der Waals surface area contributed by atoms with Gasteiger partial charge in [0.25, 0.3) is 5.91 Å². The molecule has 94 valence electrons. The maximum Gasteiger partial charge on any atom is 0.268 e. The van der Waals surface area contributed by atoms with E-state index < -0.39 is 0 Å². The molecule has 0 aliphatic heterocycles. The number of carbonyl (C=O) groups is 2. The van der Waals surface area contributed by atoms with E-state index in [1.54, 1.807) is 23.9 Å². The molecule has 0 saturated carbocycles. The highest BCUT2D eigenvalue weighted by molar-refractivity contribution is 9.10. The Balaban J connectivity index is 2.50. The van der Waals surface area contributed by atoms with Crippen LogP contribution >= 0.6 is 15.9 Å². The lowest BCUT2D eigenvalue weighted by Gasteiger charge is -2.09. The summed E-state index contributed by atoms with van der Waals surface area (Å²) in [7, 11) is 1.77. The number of nitrogens with zero attached hydrogens (tertiary/aromatic N) is 1. The summed E-state index contributed by atoms with van der Waals surface area (Å²) in [5, 5.41) is 5.27. The summed E-state index contributed by atoms with van der Waals surface area (Å²) in [5.74, 6) is -0.460. The zero-order chi connectivity index (χ0) is 13.0. The summed E-state index contributed by atoms with van der Waals surface area (Å²) in [6.45, 7) is 3.72. The Bertz CT molecular complexity index is 426. The maximum atomic E-state index is 11.7. The van der Waals surface area contributed by atoms with Crippen LogP contribution in [0.4, 0.5) is 0 Å². The number of carbonyl (C=O) groups excluding carboxylic acids is 2. The summed E-state index contributed by atoms with van der Waals surface area (Å²) >= 11 is 3.28. The lowest BCUT2D eigenvalue weighted by molar-refractivity contribution is -0.120. The van der Waals surface area contributed by atoms with E-state index in [4.69, 9.17) is 0 Å². The molecule has 0 aliphatic carbocycles. The monoisotopic (exact) mass is 301 g/mol. The van der Waals surface area contributed by atoms with E-state index in [1.165, 1.54) is 0 Å². The number of rotatable bonds is 4. The van der Waals surface area contributed by atoms with Crippen molar-refractivity contribution in [2.24, 2.45) is 7.05 Å². The predicted molar refractivity (Wildman–Crippen MR) is 68.7 cm³/mol. The van der Waals surface area contributed by atoms with Gasteiger partial charge in [-0.25, -0.2) is 0 Å².